The van der Waals surface area contributed by atoms with Crippen LogP contribution in [0.3, 0.4) is 0 Å². The Labute approximate surface area is 215 Å². The number of pyridine rings is 1. The van der Waals surface area contributed by atoms with Crippen LogP contribution < -0.4 is 10.5 Å². The number of aliphatic carboxylic acids is 1. The van der Waals surface area contributed by atoms with Crippen LogP contribution in [0.15, 0.2) is 9.70 Å². The highest BCUT2D eigenvalue weighted by Gasteiger charge is 2.33. The molecule has 35 heavy (non-hydrogen) atoms. The molecule has 3 heterocycles. The number of nitriles is 1. The van der Waals surface area contributed by atoms with Gasteiger partial charge in [-0.25, -0.2) is 0 Å². The molecule has 2 saturated heterocycles. The molecule has 2 fully saturated rings. The van der Waals surface area contributed by atoms with Gasteiger partial charge in [-0.1, -0.05) is 37.3 Å². The Morgan fingerprint density at radius 1 is 1.26 bits per heavy atom. The number of carbonyl (C=O) groups is 2. The Bertz CT molecular complexity index is 1140. The fourth-order valence-corrected chi connectivity index (χ4v) is 5.84. The molecule has 3 rings (SSSR count). The van der Waals surface area contributed by atoms with Gasteiger partial charge in [0.1, 0.15) is 21.8 Å². The van der Waals surface area contributed by atoms with Crippen molar-refractivity contribution >= 4 is 52.1 Å². The van der Waals surface area contributed by atoms with E-state index in [0.717, 1.165) is 37.3 Å². The van der Waals surface area contributed by atoms with Gasteiger partial charge in [0.05, 0.1) is 4.91 Å². The summed E-state index contributed by atoms with van der Waals surface area (Å²) in [6, 6.07) is 2.07. The van der Waals surface area contributed by atoms with Crippen LogP contribution in [0.5, 0.6) is 0 Å². The molecule has 1 amide bonds. The molecule has 1 aromatic heterocycles. The third-order valence-corrected chi connectivity index (χ3v) is 8.04. The summed E-state index contributed by atoms with van der Waals surface area (Å²) in [5.41, 5.74) is 1.10. The van der Waals surface area contributed by atoms with Crippen LogP contribution in [-0.4, -0.2) is 50.4 Å². The number of thiocarbonyl (C=S) groups is 1. The summed E-state index contributed by atoms with van der Waals surface area (Å²) in [7, 11) is 0. The summed E-state index contributed by atoms with van der Waals surface area (Å²) in [6.07, 6.45) is 5.87. The molecule has 0 bridgehead atoms. The second-order valence-corrected chi connectivity index (χ2v) is 10.8. The van der Waals surface area contributed by atoms with Gasteiger partial charge in [0.25, 0.3) is 11.5 Å². The van der Waals surface area contributed by atoms with Gasteiger partial charge in [0.2, 0.25) is 0 Å². The molecule has 2 aliphatic heterocycles. The number of anilines is 1. The summed E-state index contributed by atoms with van der Waals surface area (Å²) >= 11 is 6.69. The highest BCUT2D eigenvalue weighted by Crippen LogP contribution is 2.36. The summed E-state index contributed by atoms with van der Waals surface area (Å²) in [6.45, 7) is 8.37. The summed E-state index contributed by atoms with van der Waals surface area (Å²) in [4.78, 5) is 41.3. The molecule has 1 N–H and O–H groups in total. The van der Waals surface area contributed by atoms with E-state index in [0.29, 0.717) is 53.1 Å². The van der Waals surface area contributed by atoms with Crippen LogP contribution in [0.4, 0.5) is 5.82 Å². The number of nitrogens with zero attached hydrogens (tertiary/aromatic N) is 4. The fraction of sp³-hybridized carbons (Fsp3) is 0.560. The molecule has 1 aromatic rings. The quantitative estimate of drug-likeness (QED) is 0.297. The largest absolute Gasteiger partial charge is 0.481 e. The van der Waals surface area contributed by atoms with E-state index in [9.17, 15) is 19.6 Å². The first-order chi connectivity index (χ1) is 16.7. The summed E-state index contributed by atoms with van der Waals surface area (Å²) < 4.78 is 2.12. The molecular formula is C25H32N4O4S2. The molecule has 0 aromatic carbocycles. The van der Waals surface area contributed by atoms with Crippen molar-refractivity contribution in [2.45, 2.75) is 65.8 Å². The normalized spacial score (nSPS) is 17.9. The van der Waals surface area contributed by atoms with Crippen molar-refractivity contribution in [2.24, 2.45) is 5.92 Å². The van der Waals surface area contributed by atoms with Gasteiger partial charge < -0.3 is 10.0 Å². The van der Waals surface area contributed by atoms with E-state index < -0.39 is 5.97 Å². The van der Waals surface area contributed by atoms with Gasteiger partial charge in [-0.05, 0) is 57.1 Å². The minimum Gasteiger partial charge on any atom is -0.481 e. The van der Waals surface area contributed by atoms with E-state index in [-0.39, 0.29) is 23.5 Å². The number of hydrogen-bond acceptors (Lipinski definition) is 7. The molecule has 0 saturated carbocycles. The smallest absolute Gasteiger partial charge is 0.303 e. The van der Waals surface area contributed by atoms with E-state index in [1.165, 1.54) is 11.8 Å². The van der Waals surface area contributed by atoms with Crippen LogP contribution >= 0.6 is 24.0 Å². The molecule has 2 aliphatic rings. The van der Waals surface area contributed by atoms with Crippen molar-refractivity contribution in [3.05, 3.63) is 31.9 Å². The highest BCUT2D eigenvalue weighted by molar-refractivity contribution is 8.26. The molecule has 188 valence electrons. The number of thioether (sulfide) groups is 1. The Kier molecular flexibility index (Phi) is 9.14. The van der Waals surface area contributed by atoms with E-state index in [1.807, 2.05) is 6.92 Å². The van der Waals surface area contributed by atoms with Crippen LogP contribution in [0.1, 0.15) is 69.1 Å². The van der Waals surface area contributed by atoms with Gasteiger partial charge in [0, 0.05) is 38.2 Å². The second-order valence-electron chi connectivity index (χ2n) is 9.11. The van der Waals surface area contributed by atoms with Gasteiger partial charge in [-0.2, -0.15) is 5.26 Å². The topological polar surface area (TPSA) is 107 Å². The van der Waals surface area contributed by atoms with Gasteiger partial charge >= 0.3 is 5.97 Å². The monoisotopic (exact) mass is 516 g/mol. The number of unbranched alkanes of at least 4 members (excludes halogenated alkanes) is 2. The molecule has 0 aliphatic carbocycles. The fourth-order valence-electron chi connectivity index (χ4n) is 4.55. The van der Waals surface area contributed by atoms with E-state index in [4.69, 9.17) is 17.3 Å². The minimum atomic E-state index is -0.821. The number of piperidine rings is 1. The van der Waals surface area contributed by atoms with Crippen LogP contribution in [0, 0.1) is 24.2 Å². The Balaban J connectivity index is 1.96. The number of rotatable bonds is 9. The summed E-state index contributed by atoms with van der Waals surface area (Å²) in [5.74, 6) is 0.365. The molecule has 0 spiro atoms. The van der Waals surface area contributed by atoms with E-state index in [2.05, 4.69) is 17.9 Å². The van der Waals surface area contributed by atoms with Crippen molar-refractivity contribution in [1.29, 1.82) is 5.26 Å². The average Bonchev–Trinajstić information content (AvgIpc) is 3.08. The maximum Gasteiger partial charge on any atom is 0.303 e. The molecule has 8 nitrogen and oxygen atoms in total. The molecule has 0 radical (unpaired) electrons. The Morgan fingerprint density at radius 3 is 2.54 bits per heavy atom. The molecule has 0 unspecified atom stereocenters. The average molecular weight is 517 g/mol. The second kappa shape index (κ2) is 11.9. The third-order valence-electron chi connectivity index (χ3n) is 6.67. The molecule has 10 heteroatoms. The number of carboxylic acids is 1. The first-order valence-corrected chi connectivity index (χ1v) is 13.3. The zero-order valence-corrected chi connectivity index (χ0v) is 22.1. The number of carbonyl (C=O) groups excluding carboxylic acids is 1. The lowest BCUT2D eigenvalue weighted by molar-refractivity contribution is -0.137. The lowest BCUT2D eigenvalue weighted by atomic mass is 9.97. The zero-order valence-electron chi connectivity index (χ0n) is 20.5. The number of hydrogen-bond donors (Lipinski definition) is 1. The van der Waals surface area contributed by atoms with Crippen molar-refractivity contribution in [3.63, 3.8) is 0 Å². The third kappa shape index (κ3) is 5.96. The van der Waals surface area contributed by atoms with Crippen molar-refractivity contribution < 1.29 is 14.7 Å². The Hall–Kier alpha value is -2.64. The Morgan fingerprint density at radius 2 is 1.94 bits per heavy atom. The van der Waals surface area contributed by atoms with Gasteiger partial charge in [-0.15, -0.1) is 0 Å². The predicted octanol–water partition coefficient (Wildman–Crippen LogP) is 4.13. The maximum absolute atomic E-state index is 13.2. The summed E-state index contributed by atoms with van der Waals surface area (Å²) in [5, 5.41) is 18.5. The molecular weight excluding hydrogens is 484 g/mol. The number of aromatic nitrogens is 1. The van der Waals surface area contributed by atoms with Crippen molar-refractivity contribution in [2.75, 3.05) is 24.5 Å². The van der Waals surface area contributed by atoms with Gasteiger partial charge in [-0.3, -0.25) is 23.9 Å². The lowest BCUT2D eigenvalue weighted by Gasteiger charge is -2.35. The van der Waals surface area contributed by atoms with Crippen LogP contribution in [0.25, 0.3) is 6.08 Å². The maximum atomic E-state index is 13.2. The van der Waals surface area contributed by atoms with Crippen molar-refractivity contribution in [1.82, 2.24) is 9.47 Å². The standard InChI is InChI=1S/C25H32N4O4S2/c1-4-28-22(27-12-9-16(2)10-13-27)18(17(3)19(15-26)23(28)32)14-20-24(33)29(25(34)35-20)11-7-5-6-8-21(30)31/h14,16H,4-13H2,1-3H3,(H,30,31). The highest BCUT2D eigenvalue weighted by atomic mass is 32.2. The van der Waals surface area contributed by atoms with Crippen LogP contribution in [0.2, 0.25) is 0 Å². The zero-order chi connectivity index (χ0) is 25.7. The number of amides is 1. The predicted molar refractivity (Wildman–Crippen MR) is 142 cm³/mol. The van der Waals surface area contributed by atoms with E-state index >= 15 is 0 Å². The van der Waals surface area contributed by atoms with Crippen LogP contribution in [-0.2, 0) is 16.1 Å². The first-order valence-electron chi connectivity index (χ1n) is 12.1. The first kappa shape index (κ1) is 27.0. The van der Waals surface area contributed by atoms with Crippen molar-refractivity contribution in [3.8, 4) is 6.07 Å². The van der Waals surface area contributed by atoms with E-state index in [1.54, 1.807) is 22.5 Å². The number of carboxylic acid groups (broad SMARTS) is 1. The minimum absolute atomic E-state index is 0.0983. The lowest BCUT2D eigenvalue weighted by Crippen LogP contribution is -2.39. The SMILES string of the molecule is CCn1c(N2CCC(C)CC2)c(C=C2SC(=S)N(CCCCCC(=O)O)C2=O)c(C)c(C#N)c1=O. The van der Waals surface area contributed by atoms with Gasteiger partial charge in [0.15, 0.2) is 0 Å². The molecule has 0 atom stereocenters.